The second-order valence-electron chi connectivity index (χ2n) is 4.25. The van der Waals surface area contributed by atoms with Crippen LogP contribution in [0.5, 0.6) is 0 Å². The second-order valence-corrected chi connectivity index (χ2v) is 5.80. The highest BCUT2D eigenvalue weighted by atomic mass is 32.2. The average Bonchev–Trinajstić information content (AvgIpc) is 2.13. The molecule has 0 aliphatic heterocycles. The van der Waals surface area contributed by atoms with Crippen molar-refractivity contribution in [3.63, 3.8) is 0 Å². The lowest BCUT2D eigenvalue weighted by Gasteiger charge is -2.19. The van der Waals surface area contributed by atoms with Gasteiger partial charge in [-0.2, -0.15) is 0 Å². The van der Waals surface area contributed by atoms with Gasteiger partial charge in [-0.05, 0) is 19.3 Å². The maximum atomic E-state index is 11.5. The summed E-state index contributed by atoms with van der Waals surface area (Å²) in [4.78, 5) is 11.5. The molecule has 0 fully saturated rings. The average molecular weight is 234 g/mol. The molecule has 3 N–H and O–H groups in total. The molecule has 3 atom stereocenters. The van der Waals surface area contributed by atoms with Crippen LogP contribution < -0.4 is 11.1 Å². The summed E-state index contributed by atoms with van der Waals surface area (Å²) in [5.74, 6) is 0.620. The fourth-order valence-corrected chi connectivity index (χ4v) is 1.74. The lowest BCUT2D eigenvalue weighted by molar-refractivity contribution is -0.123. The molecule has 15 heavy (non-hydrogen) atoms. The molecule has 0 heterocycles. The molecule has 0 saturated carbocycles. The normalized spacial score (nSPS) is 17.2. The van der Waals surface area contributed by atoms with Crippen LogP contribution in [0.3, 0.4) is 0 Å². The van der Waals surface area contributed by atoms with E-state index in [4.69, 9.17) is 5.73 Å². The minimum Gasteiger partial charge on any atom is -0.352 e. The van der Waals surface area contributed by atoms with Gasteiger partial charge in [-0.15, -0.1) is 0 Å². The lowest BCUT2D eigenvalue weighted by atomic mass is 10.0. The van der Waals surface area contributed by atoms with Crippen molar-refractivity contribution >= 4 is 16.7 Å². The summed E-state index contributed by atoms with van der Waals surface area (Å²) < 4.78 is 10.8. The van der Waals surface area contributed by atoms with Gasteiger partial charge in [0.25, 0.3) is 0 Å². The number of hydrogen-bond acceptors (Lipinski definition) is 3. The summed E-state index contributed by atoms with van der Waals surface area (Å²) >= 11 is 0. The van der Waals surface area contributed by atoms with E-state index in [-0.39, 0.29) is 17.9 Å². The van der Waals surface area contributed by atoms with Gasteiger partial charge in [-0.3, -0.25) is 9.00 Å². The molecule has 0 saturated heterocycles. The first-order chi connectivity index (χ1) is 6.84. The molecule has 1 amide bonds. The van der Waals surface area contributed by atoms with Crippen LogP contribution >= 0.6 is 0 Å². The van der Waals surface area contributed by atoms with Gasteiger partial charge in [0.2, 0.25) is 5.91 Å². The fraction of sp³-hybridized carbons (Fsp3) is 0.900. The van der Waals surface area contributed by atoms with Crippen molar-refractivity contribution in [2.75, 3.05) is 12.0 Å². The van der Waals surface area contributed by atoms with E-state index in [1.54, 1.807) is 6.26 Å². The molecule has 0 aliphatic carbocycles. The number of nitrogens with one attached hydrogen (secondary N) is 1. The van der Waals surface area contributed by atoms with E-state index in [0.29, 0.717) is 5.75 Å². The molecule has 0 spiro atoms. The Bertz CT molecular complexity index is 231. The number of rotatable bonds is 6. The molecular weight excluding hydrogens is 212 g/mol. The number of carbonyl (C=O) groups is 1. The quantitative estimate of drug-likeness (QED) is 0.691. The van der Waals surface area contributed by atoms with E-state index in [0.717, 1.165) is 6.42 Å². The standard InChI is InChI=1S/C10H22N2O2S/c1-7(2)9(11)10(13)12-8(3)5-6-15(4)14/h7-9H,5-6,11H2,1-4H3,(H,12,13)/t8?,9-,15?/m0/s1. The van der Waals surface area contributed by atoms with Crippen LogP contribution in [0.1, 0.15) is 27.2 Å². The van der Waals surface area contributed by atoms with Crippen LogP contribution in [0.15, 0.2) is 0 Å². The van der Waals surface area contributed by atoms with Crippen molar-refractivity contribution in [2.45, 2.75) is 39.3 Å². The van der Waals surface area contributed by atoms with Crippen LogP contribution in [0.4, 0.5) is 0 Å². The van der Waals surface area contributed by atoms with E-state index in [9.17, 15) is 9.00 Å². The molecule has 0 aromatic rings. The molecule has 90 valence electrons. The highest BCUT2D eigenvalue weighted by molar-refractivity contribution is 7.84. The Balaban J connectivity index is 3.90. The number of nitrogens with two attached hydrogens (primary N) is 1. The van der Waals surface area contributed by atoms with Gasteiger partial charge < -0.3 is 11.1 Å². The van der Waals surface area contributed by atoms with E-state index >= 15 is 0 Å². The summed E-state index contributed by atoms with van der Waals surface area (Å²) in [6.45, 7) is 5.73. The zero-order valence-corrected chi connectivity index (χ0v) is 10.8. The number of hydrogen-bond donors (Lipinski definition) is 2. The highest BCUT2D eigenvalue weighted by Gasteiger charge is 2.18. The predicted octanol–water partition coefficient (Wildman–Crippen LogP) is 0.243. The topological polar surface area (TPSA) is 72.2 Å². The Morgan fingerprint density at radius 1 is 1.40 bits per heavy atom. The minimum atomic E-state index is -0.803. The SMILES string of the molecule is CC(CCS(C)=O)NC(=O)[C@@H](N)C(C)C. The lowest BCUT2D eigenvalue weighted by Crippen LogP contribution is -2.47. The van der Waals surface area contributed by atoms with Gasteiger partial charge in [0.05, 0.1) is 6.04 Å². The molecule has 0 bridgehead atoms. The van der Waals surface area contributed by atoms with E-state index in [1.807, 2.05) is 20.8 Å². The van der Waals surface area contributed by atoms with Crippen molar-refractivity contribution in [1.29, 1.82) is 0 Å². The largest absolute Gasteiger partial charge is 0.352 e. The van der Waals surface area contributed by atoms with Gasteiger partial charge >= 0.3 is 0 Å². The Labute approximate surface area is 94.4 Å². The van der Waals surface area contributed by atoms with E-state index in [1.165, 1.54) is 0 Å². The molecule has 5 heteroatoms. The molecule has 0 aromatic carbocycles. The highest BCUT2D eigenvalue weighted by Crippen LogP contribution is 2.00. The van der Waals surface area contributed by atoms with Gasteiger partial charge in [-0.25, -0.2) is 0 Å². The van der Waals surface area contributed by atoms with Gasteiger partial charge in [0.1, 0.15) is 0 Å². The molecular formula is C10H22N2O2S. The molecule has 0 rings (SSSR count). The third-order valence-electron chi connectivity index (χ3n) is 2.25. The summed E-state index contributed by atoms with van der Waals surface area (Å²) in [6.07, 6.45) is 2.38. The van der Waals surface area contributed by atoms with Crippen LogP contribution in [0.25, 0.3) is 0 Å². The first-order valence-corrected chi connectivity index (χ1v) is 6.93. The zero-order valence-electron chi connectivity index (χ0n) is 9.95. The minimum absolute atomic E-state index is 0.0335. The predicted molar refractivity (Wildman–Crippen MR) is 64.0 cm³/mol. The third-order valence-corrected chi connectivity index (χ3v) is 3.06. The monoisotopic (exact) mass is 234 g/mol. The van der Waals surface area contributed by atoms with Crippen LogP contribution in [0.2, 0.25) is 0 Å². The van der Waals surface area contributed by atoms with E-state index < -0.39 is 16.8 Å². The van der Waals surface area contributed by atoms with Crippen molar-refractivity contribution in [3.05, 3.63) is 0 Å². The van der Waals surface area contributed by atoms with Gasteiger partial charge in [0.15, 0.2) is 0 Å². The smallest absolute Gasteiger partial charge is 0.237 e. The van der Waals surface area contributed by atoms with Crippen molar-refractivity contribution in [3.8, 4) is 0 Å². The Hall–Kier alpha value is -0.420. The van der Waals surface area contributed by atoms with Crippen LogP contribution in [-0.4, -0.2) is 34.2 Å². The van der Waals surface area contributed by atoms with Gasteiger partial charge in [-0.1, -0.05) is 13.8 Å². The number of amides is 1. The van der Waals surface area contributed by atoms with Crippen LogP contribution in [0, 0.1) is 5.92 Å². The summed E-state index contributed by atoms with van der Waals surface area (Å²) in [5, 5.41) is 2.82. The number of carbonyl (C=O) groups excluding carboxylic acids is 1. The molecule has 0 aliphatic rings. The summed E-state index contributed by atoms with van der Waals surface area (Å²) in [6, 6.07) is -0.425. The molecule has 2 unspecified atom stereocenters. The van der Waals surface area contributed by atoms with Crippen molar-refractivity contribution in [2.24, 2.45) is 11.7 Å². The molecule has 0 aromatic heterocycles. The first kappa shape index (κ1) is 14.6. The maximum absolute atomic E-state index is 11.5. The zero-order chi connectivity index (χ0) is 12.0. The van der Waals surface area contributed by atoms with Crippen LogP contribution in [-0.2, 0) is 15.6 Å². The fourth-order valence-electron chi connectivity index (χ4n) is 1.06. The second kappa shape index (κ2) is 6.95. The summed E-state index contributed by atoms with van der Waals surface area (Å²) in [7, 11) is -0.803. The summed E-state index contributed by atoms with van der Waals surface area (Å²) in [5.41, 5.74) is 5.69. The van der Waals surface area contributed by atoms with Crippen molar-refractivity contribution in [1.82, 2.24) is 5.32 Å². The molecule has 4 nitrogen and oxygen atoms in total. The first-order valence-electron chi connectivity index (χ1n) is 5.20. The van der Waals surface area contributed by atoms with E-state index in [2.05, 4.69) is 5.32 Å². The Morgan fingerprint density at radius 3 is 2.33 bits per heavy atom. The Kier molecular flexibility index (Phi) is 6.76. The van der Waals surface area contributed by atoms with Crippen molar-refractivity contribution < 1.29 is 9.00 Å². The maximum Gasteiger partial charge on any atom is 0.237 e. The van der Waals surface area contributed by atoms with Gasteiger partial charge in [0, 0.05) is 28.9 Å². The Morgan fingerprint density at radius 2 is 1.93 bits per heavy atom. The third kappa shape index (κ3) is 6.62. The molecule has 0 radical (unpaired) electrons.